The molecular formula is C20H31N5O6S. The molecule has 1 atom stereocenters. The Hall–Kier alpha value is -2.28. The molecule has 0 saturated carbocycles. The highest BCUT2D eigenvalue weighted by molar-refractivity contribution is 7.86. The SMILES string of the molecule is COc1ccc([N+](=O)[O-])cc1NC(=O)C(C)N1CCN(S(=O)(=O)N2CCCCCC2)CC1. The maximum atomic E-state index is 13.0. The fourth-order valence-electron chi connectivity index (χ4n) is 4.07. The van der Waals surface area contributed by atoms with E-state index in [-0.39, 0.29) is 17.3 Å². The van der Waals surface area contributed by atoms with Crippen molar-refractivity contribution in [3.63, 3.8) is 0 Å². The van der Waals surface area contributed by atoms with Gasteiger partial charge in [0, 0.05) is 51.4 Å². The number of amides is 1. The Bertz CT molecular complexity index is 924. The highest BCUT2D eigenvalue weighted by atomic mass is 32.2. The minimum Gasteiger partial charge on any atom is -0.495 e. The molecule has 0 aliphatic carbocycles. The van der Waals surface area contributed by atoms with Gasteiger partial charge in [0.1, 0.15) is 5.75 Å². The molecule has 2 saturated heterocycles. The molecular weight excluding hydrogens is 438 g/mol. The number of hydrogen-bond acceptors (Lipinski definition) is 7. The van der Waals surface area contributed by atoms with Crippen LogP contribution in [0.15, 0.2) is 18.2 Å². The van der Waals surface area contributed by atoms with Crippen molar-refractivity contribution >= 4 is 27.5 Å². The highest BCUT2D eigenvalue weighted by Crippen LogP contribution is 2.29. The zero-order valence-corrected chi connectivity index (χ0v) is 19.3. The van der Waals surface area contributed by atoms with Crippen molar-refractivity contribution in [1.82, 2.24) is 13.5 Å². The number of piperazine rings is 1. The van der Waals surface area contributed by atoms with Crippen LogP contribution in [0, 0.1) is 10.1 Å². The molecule has 3 rings (SSSR count). The van der Waals surface area contributed by atoms with Crippen LogP contribution < -0.4 is 10.1 Å². The number of anilines is 1. The molecule has 2 heterocycles. The Morgan fingerprint density at radius 1 is 1.06 bits per heavy atom. The maximum Gasteiger partial charge on any atom is 0.282 e. The van der Waals surface area contributed by atoms with E-state index in [0.29, 0.717) is 45.0 Å². The third-order valence-corrected chi connectivity index (χ3v) is 8.11. The number of methoxy groups -OCH3 is 1. The molecule has 1 aromatic rings. The summed E-state index contributed by atoms with van der Waals surface area (Å²) in [4.78, 5) is 25.2. The van der Waals surface area contributed by atoms with Crippen molar-refractivity contribution in [2.45, 2.75) is 38.6 Å². The van der Waals surface area contributed by atoms with Crippen LogP contribution in [0.5, 0.6) is 5.75 Å². The highest BCUT2D eigenvalue weighted by Gasteiger charge is 2.34. The Morgan fingerprint density at radius 2 is 1.66 bits per heavy atom. The van der Waals surface area contributed by atoms with E-state index < -0.39 is 21.2 Å². The summed E-state index contributed by atoms with van der Waals surface area (Å²) in [5.74, 6) is -0.0165. The normalized spacial score (nSPS) is 20.3. The van der Waals surface area contributed by atoms with Crippen LogP contribution in [0.25, 0.3) is 0 Å². The average molecular weight is 470 g/mol. The predicted molar refractivity (Wildman–Crippen MR) is 120 cm³/mol. The van der Waals surface area contributed by atoms with E-state index in [1.807, 2.05) is 4.90 Å². The van der Waals surface area contributed by atoms with Crippen molar-refractivity contribution in [3.8, 4) is 5.75 Å². The molecule has 0 aromatic heterocycles. The number of nitro benzene ring substituents is 1. The van der Waals surface area contributed by atoms with Crippen LogP contribution in [0.1, 0.15) is 32.6 Å². The molecule has 0 radical (unpaired) electrons. The van der Waals surface area contributed by atoms with E-state index in [4.69, 9.17) is 4.74 Å². The molecule has 32 heavy (non-hydrogen) atoms. The number of nitro groups is 1. The number of nitrogens with one attached hydrogen (secondary N) is 1. The second-order valence-electron chi connectivity index (χ2n) is 8.06. The van der Waals surface area contributed by atoms with Gasteiger partial charge in [0.05, 0.1) is 23.8 Å². The summed E-state index contributed by atoms with van der Waals surface area (Å²) in [6.45, 7) is 4.34. The first-order valence-corrected chi connectivity index (χ1v) is 12.3. The van der Waals surface area contributed by atoms with Gasteiger partial charge in [-0.05, 0) is 25.8 Å². The van der Waals surface area contributed by atoms with E-state index in [0.717, 1.165) is 25.7 Å². The van der Waals surface area contributed by atoms with E-state index in [1.165, 1.54) is 29.6 Å². The monoisotopic (exact) mass is 469 g/mol. The molecule has 11 nitrogen and oxygen atoms in total. The summed E-state index contributed by atoms with van der Waals surface area (Å²) in [6, 6.07) is 3.46. The fourth-order valence-corrected chi connectivity index (χ4v) is 5.74. The summed E-state index contributed by atoms with van der Waals surface area (Å²) >= 11 is 0. The minimum atomic E-state index is -3.49. The maximum absolute atomic E-state index is 13.0. The second kappa shape index (κ2) is 10.6. The van der Waals surface area contributed by atoms with Crippen LogP contribution >= 0.6 is 0 Å². The van der Waals surface area contributed by atoms with Crippen LogP contribution in [0.3, 0.4) is 0 Å². The summed E-state index contributed by atoms with van der Waals surface area (Å²) in [6.07, 6.45) is 3.89. The van der Waals surface area contributed by atoms with Crippen molar-refractivity contribution in [2.75, 3.05) is 51.7 Å². The smallest absolute Gasteiger partial charge is 0.282 e. The van der Waals surface area contributed by atoms with Gasteiger partial charge in [0.25, 0.3) is 15.9 Å². The lowest BCUT2D eigenvalue weighted by Gasteiger charge is -2.38. The standard InChI is InChI=1S/C20H31N5O6S/c1-16(20(26)21-18-15-17(25(27)28)7-8-19(18)31-2)22-11-13-24(14-12-22)32(29,30)23-9-5-3-4-6-10-23/h7-8,15-16H,3-6,9-14H2,1-2H3,(H,21,26). The lowest BCUT2D eigenvalue weighted by atomic mass is 10.2. The lowest BCUT2D eigenvalue weighted by molar-refractivity contribution is -0.384. The van der Waals surface area contributed by atoms with E-state index in [1.54, 1.807) is 11.2 Å². The van der Waals surface area contributed by atoms with Gasteiger partial charge in [0.15, 0.2) is 0 Å². The largest absolute Gasteiger partial charge is 0.495 e. The average Bonchev–Trinajstić information content (AvgIpc) is 3.09. The van der Waals surface area contributed by atoms with Gasteiger partial charge in [-0.1, -0.05) is 12.8 Å². The van der Waals surface area contributed by atoms with Gasteiger partial charge in [-0.25, -0.2) is 0 Å². The summed E-state index contributed by atoms with van der Waals surface area (Å²) in [5, 5.41) is 13.8. The fraction of sp³-hybridized carbons (Fsp3) is 0.650. The summed E-state index contributed by atoms with van der Waals surface area (Å²) in [5.41, 5.74) is 0.0713. The molecule has 1 N–H and O–H groups in total. The predicted octanol–water partition coefficient (Wildman–Crippen LogP) is 1.67. The molecule has 2 aliphatic rings. The van der Waals surface area contributed by atoms with Crippen molar-refractivity contribution < 1.29 is 22.9 Å². The van der Waals surface area contributed by atoms with Gasteiger partial charge in [-0.2, -0.15) is 17.0 Å². The number of hydrogen-bond donors (Lipinski definition) is 1. The molecule has 0 spiro atoms. The van der Waals surface area contributed by atoms with E-state index in [9.17, 15) is 23.3 Å². The third kappa shape index (κ3) is 5.55. The van der Waals surface area contributed by atoms with Gasteiger partial charge in [-0.3, -0.25) is 19.8 Å². The van der Waals surface area contributed by atoms with E-state index >= 15 is 0 Å². The molecule has 178 valence electrons. The second-order valence-corrected chi connectivity index (χ2v) is 9.99. The van der Waals surface area contributed by atoms with Crippen molar-refractivity contribution in [1.29, 1.82) is 0 Å². The first kappa shape index (κ1) is 24.4. The first-order chi connectivity index (χ1) is 15.2. The van der Waals surface area contributed by atoms with Crippen molar-refractivity contribution in [3.05, 3.63) is 28.3 Å². The first-order valence-electron chi connectivity index (χ1n) is 10.9. The number of non-ortho nitro benzene ring substituents is 1. The number of nitrogens with zero attached hydrogens (tertiary/aromatic N) is 4. The summed E-state index contributed by atoms with van der Waals surface area (Å²) in [7, 11) is -2.07. The number of carbonyl (C=O) groups is 1. The molecule has 1 aromatic carbocycles. The zero-order chi connectivity index (χ0) is 23.3. The van der Waals surface area contributed by atoms with E-state index in [2.05, 4.69) is 5.32 Å². The quantitative estimate of drug-likeness (QED) is 0.476. The Kier molecular flexibility index (Phi) is 8.04. The molecule has 1 unspecified atom stereocenters. The molecule has 2 aliphatic heterocycles. The number of rotatable bonds is 7. The lowest BCUT2D eigenvalue weighted by Crippen LogP contribution is -2.56. The van der Waals surface area contributed by atoms with Crippen LogP contribution in [0.4, 0.5) is 11.4 Å². The van der Waals surface area contributed by atoms with Gasteiger partial charge in [-0.15, -0.1) is 0 Å². The topological polar surface area (TPSA) is 125 Å². The zero-order valence-electron chi connectivity index (χ0n) is 18.5. The molecule has 2 fully saturated rings. The Morgan fingerprint density at radius 3 is 2.22 bits per heavy atom. The van der Waals surface area contributed by atoms with Crippen LogP contribution in [-0.2, 0) is 15.0 Å². The number of carbonyl (C=O) groups excluding carboxylic acids is 1. The Balaban J connectivity index is 1.60. The van der Waals surface area contributed by atoms with Crippen LogP contribution in [-0.4, -0.2) is 85.2 Å². The summed E-state index contributed by atoms with van der Waals surface area (Å²) < 4.78 is 34.3. The van der Waals surface area contributed by atoms with Gasteiger partial charge in [0.2, 0.25) is 5.91 Å². The molecule has 12 heteroatoms. The van der Waals surface area contributed by atoms with Crippen LogP contribution in [0.2, 0.25) is 0 Å². The molecule has 0 bridgehead atoms. The van der Waals surface area contributed by atoms with Gasteiger partial charge >= 0.3 is 0 Å². The minimum absolute atomic E-state index is 0.152. The Labute approximate surface area is 188 Å². The van der Waals surface area contributed by atoms with Gasteiger partial charge < -0.3 is 10.1 Å². The number of benzene rings is 1. The van der Waals surface area contributed by atoms with Crippen molar-refractivity contribution in [2.24, 2.45) is 0 Å². The third-order valence-electron chi connectivity index (χ3n) is 6.07. The molecule has 1 amide bonds. The number of ether oxygens (including phenoxy) is 1.